The van der Waals surface area contributed by atoms with E-state index in [0.29, 0.717) is 5.56 Å². The van der Waals surface area contributed by atoms with Crippen molar-refractivity contribution in [3.05, 3.63) is 64.5 Å². The molecule has 1 aromatic heterocycles. The van der Waals surface area contributed by atoms with Gasteiger partial charge in [0.2, 0.25) is 0 Å². The Hall–Kier alpha value is -1.77. The molecule has 2 aromatic rings. The van der Waals surface area contributed by atoms with Gasteiger partial charge < -0.3 is 0 Å². The molecule has 0 aliphatic rings. The van der Waals surface area contributed by atoms with Crippen LogP contribution in [0.15, 0.2) is 30.6 Å². The van der Waals surface area contributed by atoms with E-state index in [9.17, 15) is 8.78 Å². The molecule has 0 fully saturated rings. The Bertz CT molecular complexity index is 707. The lowest BCUT2D eigenvalue weighted by Gasteiger charge is -2.24. The van der Waals surface area contributed by atoms with Crippen molar-refractivity contribution in [2.75, 3.05) is 0 Å². The van der Waals surface area contributed by atoms with Crippen LogP contribution in [-0.4, -0.2) is 4.98 Å². The molecule has 2 rings (SSSR count). The van der Waals surface area contributed by atoms with E-state index in [2.05, 4.69) is 25.8 Å². The molecule has 0 atom stereocenters. The van der Waals surface area contributed by atoms with E-state index in [1.54, 1.807) is 18.5 Å². The zero-order valence-electron chi connectivity index (χ0n) is 14.8. The molecule has 1 aromatic carbocycles. The van der Waals surface area contributed by atoms with Gasteiger partial charge in [0.25, 0.3) is 0 Å². The molecule has 124 valence electrons. The van der Waals surface area contributed by atoms with Crippen LogP contribution in [0.2, 0.25) is 0 Å². The van der Waals surface area contributed by atoms with Gasteiger partial charge in [0.15, 0.2) is 0 Å². The van der Waals surface area contributed by atoms with E-state index < -0.39 is 11.6 Å². The Balaban J connectivity index is 2.54. The van der Waals surface area contributed by atoms with Crippen LogP contribution in [0.4, 0.5) is 8.78 Å². The number of halogens is 2. The first kappa shape index (κ1) is 17.6. The van der Waals surface area contributed by atoms with E-state index >= 15 is 0 Å². The normalized spacial score (nSPS) is 12.5. The molecule has 0 N–H and O–H groups in total. The van der Waals surface area contributed by atoms with Crippen molar-refractivity contribution in [3.63, 3.8) is 0 Å². The lowest BCUT2D eigenvalue weighted by Crippen LogP contribution is -2.18. The smallest absolute Gasteiger partial charge is 0.133 e. The fourth-order valence-electron chi connectivity index (χ4n) is 2.78. The van der Waals surface area contributed by atoms with Crippen molar-refractivity contribution in [2.45, 2.75) is 58.8 Å². The molecule has 1 nitrogen and oxygen atoms in total. The van der Waals surface area contributed by atoms with Gasteiger partial charge in [-0.2, -0.15) is 0 Å². The summed E-state index contributed by atoms with van der Waals surface area (Å²) in [7, 11) is 0. The van der Waals surface area contributed by atoms with Crippen LogP contribution in [-0.2, 0) is 17.3 Å². The average molecular weight is 317 g/mol. The molecule has 0 unspecified atom stereocenters. The van der Waals surface area contributed by atoms with E-state index in [0.717, 1.165) is 11.1 Å². The van der Waals surface area contributed by atoms with Crippen molar-refractivity contribution in [2.24, 2.45) is 0 Å². The summed E-state index contributed by atoms with van der Waals surface area (Å²) >= 11 is 0. The topological polar surface area (TPSA) is 12.9 Å². The van der Waals surface area contributed by atoms with Crippen molar-refractivity contribution in [1.82, 2.24) is 4.98 Å². The lowest BCUT2D eigenvalue weighted by molar-refractivity contribution is 0.499. The first-order valence-corrected chi connectivity index (χ1v) is 7.92. The third-order valence-corrected chi connectivity index (χ3v) is 4.08. The van der Waals surface area contributed by atoms with E-state index in [1.807, 2.05) is 26.8 Å². The number of nitrogens with zero attached hydrogens (tertiary/aromatic N) is 1. The van der Waals surface area contributed by atoms with Gasteiger partial charge in [0.05, 0.1) is 0 Å². The van der Waals surface area contributed by atoms with Crippen LogP contribution in [0.5, 0.6) is 0 Å². The Labute approximate surface area is 137 Å². The zero-order chi connectivity index (χ0) is 17.4. The molecular weight excluding hydrogens is 292 g/mol. The third kappa shape index (κ3) is 3.77. The molecule has 0 aliphatic heterocycles. The summed E-state index contributed by atoms with van der Waals surface area (Å²) in [5.41, 5.74) is 2.11. The standard InChI is InChI=1S/C20H25F2N/c1-19(2,3)15-7-8-17(21)14(18(15)22)11-13-9-10-23-12-16(13)20(4,5)6/h7-10,12H,11H2,1-6H3. The predicted octanol–water partition coefficient (Wildman–Crippen LogP) is 5.55. The summed E-state index contributed by atoms with van der Waals surface area (Å²) < 4.78 is 29.2. The maximum atomic E-state index is 14.9. The number of aromatic nitrogens is 1. The predicted molar refractivity (Wildman–Crippen MR) is 90.8 cm³/mol. The fraction of sp³-hybridized carbons (Fsp3) is 0.450. The molecule has 0 amide bonds. The number of hydrogen-bond acceptors (Lipinski definition) is 1. The second-order valence-electron chi connectivity index (χ2n) is 8.10. The second-order valence-corrected chi connectivity index (χ2v) is 8.10. The SMILES string of the molecule is CC(C)(C)c1cnccc1Cc1c(F)ccc(C(C)(C)C)c1F. The molecule has 0 spiro atoms. The minimum atomic E-state index is -0.493. The number of rotatable bonds is 2. The summed E-state index contributed by atoms with van der Waals surface area (Å²) in [5, 5.41) is 0. The molecule has 0 bridgehead atoms. The molecule has 23 heavy (non-hydrogen) atoms. The Morgan fingerprint density at radius 3 is 2.04 bits per heavy atom. The van der Waals surface area contributed by atoms with Crippen molar-refractivity contribution in [1.29, 1.82) is 0 Å². The van der Waals surface area contributed by atoms with E-state index in [4.69, 9.17) is 0 Å². The van der Waals surface area contributed by atoms with Gasteiger partial charge in [-0.05, 0) is 39.7 Å². The number of pyridine rings is 1. The monoisotopic (exact) mass is 317 g/mol. The van der Waals surface area contributed by atoms with E-state index in [-0.39, 0.29) is 22.8 Å². The van der Waals surface area contributed by atoms with Gasteiger partial charge in [-0.3, -0.25) is 4.98 Å². The Morgan fingerprint density at radius 2 is 1.48 bits per heavy atom. The maximum Gasteiger partial charge on any atom is 0.133 e. The van der Waals surface area contributed by atoms with E-state index in [1.165, 1.54) is 6.07 Å². The van der Waals surface area contributed by atoms with Gasteiger partial charge in [0.1, 0.15) is 11.6 Å². The Kier molecular flexibility index (Phi) is 4.61. The summed E-state index contributed by atoms with van der Waals surface area (Å²) in [6.07, 6.45) is 3.70. The highest BCUT2D eigenvalue weighted by Crippen LogP contribution is 2.31. The molecule has 0 saturated carbocycles. The highest BCUT2D eigenvalue weighted by Gasteiger charge is 2.24. The maximum absolute atomic E-state index is 14.9. The Morgan fingerprint density at radius 1 is 0.870 bits per heavy atom. The van der Waals surface area contributed by atoms with Crippen LogP contribution < -0.4 is 0 Å². The highest BCUT2D eigenvalue weighted by molar-refractivity contribution is 5.39. The molecule has 3 heteroatoms. The average Bonchev–Trinajstić information content (AvgIpc) is 2.41. The zero-order valence-corrected chi connectivity index (χ0v) is 14.8. The van der Waals surface area contributed by atoms with Gasteiger partial charge >= 0.3 is 0 Å². The van der Waals surface area contributed by atoms with Gasteiger partial charge in [-0.1, -0.05) is 47.6 Å². The minimum absolute atomic E-state index is 0.127. The quantitative estimate of drug-likeness (QED) is 0.708. The van der Waals surface area contributed by atoms with Crippen LogP contribution in [0, 0.1) is 11.6 Å². The first-order chi connectivity index (χ1) is 10.5. The summed E-state index contributed by atoms with van der Waals surface area (Å²) in [5.74, 6) is -0.929. The molecule has 0 aliphatic carbocycles. The van der Waals surface area contributed by atoms with Crippen molar-refractivity contribution in [3.8, 4) is 0 Å². The summed E-state index contributed by atoms with van der Waals surface area (Å²) in [4.78, 5) is 4.17. The van der Waals surface area contributed by atoms with Gasteiger partial charge in [-0.15, -0.1) is 0 Å². The molecule has 1 heterocycles. The van der Waals surface area contributed by atoms with Gasteiger partial charge in [-0.25, -0.2) is 8.78 Å². The lowest BCUT2D eigenvalue weighted by atomic mass is 9.81. The second kappa shape index (κ2) is 6.03. The van der Waals surface area contributed by atoms with Crippen molar-refractivity contribution < 1.29 is 8.78 Å². The van der Waals surface area contributed by atoms with Crippen LogP contribution in [0.25, 0.3) is 0 Å². The van der Waals surface area contributed by atoms with Gasteiger partial charge in [0, 0.05) is 24.4 Å². The molecule has 0 saturated heterocycles. The van der Waals surface area contributed by atoms with Crippen LogP contribution in [0.3, 0.4) is 0 Å². The fourth-order valence-corrected chi connectivity index (χ4v) is 2.78. The molecule has 0 radical (unpaired) electrons. The number of benzene rings is 1. The summed E-state index contributed by atoms with van der Waals surface area (Å²) in [6.45, 7) is 12.0. The largest absolute Gasteiger partial charge is 0.264 e. The minimum Gasteiger partial charge on any atom is -0.264 e. The third-order valence-electron chi connectivity index (χ3n) is 4.08. The first-order valence-electron chi connectivity index (χ1n) is 7.92. The molecular formula is C20H25F2N. The highest BCUT2D eigenvalue weighted by atomic mass is 19.1. The van der Waals surface area contributed by atoms with Crippen molar-refractivity contribution >= 4 is 0 Å². The summed E-state index contributed by atoms with van der Waals surface area (Å²) in [6, 6.07) is 4.77. The van der Waals surface area contributed by atoms with Crippen LogP contribution >= 0.6 is 0 Å². The number of hydrogen-bond donors (Lipinski definition) is 0. The van der Waals surface area contributed by atoms with Crippen LogP contribution in [0.1, 0.15) is 63.8 Å².